The Hall–Kier alpha value is -2.58. The van der Waals surface area contributed by atoms with Crippen LogP contribution in [0.25, 0.3) is 0 Å². The summed E-state index contributed by atoms with van der Waals surface area (Å²) < 4.78 is 39.7. The molecule has 0 aromatic heterocycles. The minimum Gasteiger partial charge on any atom is -0.466 e. The van der Waals surface area contributed by atoms with Gasteiger partial charge in [-0.25, -0.2) is 4.79 Å². The van der Waals surface area contributed by atoms with Crippen molar-refractivity contribution in [2.75, 3.05) is 25.0 Å². The van der Waals surface area contributed by atoms with Crippen LogP contribution in [0.15, 0.2) is 18.2 Å². The number of benzene rings is 1. The fourth-order valence-corrected chi connectivity index (χ4v) is 2.84. The molecule has 1 aromatic carbocycles. The van der Waals surface area contributed by atoms with Crippen molar-refractivity contribution >= 4 is 17.7 Å². The predicted octanol–water partition coefficient (Wildman–Crippen LogP) is 2.82. The van der Waals surface area contributed by atoms with Crippen LogP contribution in [0.4, 0.5) is 19.3 Å². The van der Waals surface area contributed by atoms with Crippen molar-refractivity contribution in [3.63, 3.8) is 0 Å². The maximum atomic E-state index is 13.0. The molecule has 2 amide bonds. The van der Waals surface area contributed by atoms with Crippen LogP contribution in [0.5, 0.6) is 11.5 Å². The van der Waals surface area contributed by atoms with Gasteiger partial charge in [-0.3, -0.25) is 4.79 Å². The third kappa shape index (κ3) is 3.92. The SMILES string of the molecule is CCOC(=O)[C@@H]1CCCN(C(=O)Nc2ccc3c(c2)OC(F)(F)O3)C1. The molecule has 0 saturated carbocycles. The van der Waals surface area contributed by atoms with Gasteiger partial charge in [0.15, 0.2) is 11.5 Å². The highest BCUT2D eigenvalue weighted by Gasteiger charge is 2.43. The number of hydrogen-bond donors (Lipinski definition) is 1. The summed E-state index contributed by atoms with van der Waals surface area (Å²) in [7, 11) is 0. The zero-order valence-electron chi connectivity index (χ0n) is 13.6. The molecule has 3 rings (SSSR count). The van der Waals surface area contributed by atoms with E-state index >= 15 is 0 Å². The van der Waals surface area contributed by atoms with E-state index in [2.05, 4.69) is 14.8 Å². The van der Waals surface area contributed by atoms with E-state index in [9.17, 15) is 18.4 Å². The molecule has 1 atom stereocenters. The highest BCUT2D eigenvalue weighted by molar-refractivity contribution is 5.90. The molecule has 1 saturated heterocycles. The molecule has 1 aromatic rings. The second-order valence-electron chi connectivity index (χ2n) is 5.80. The Balaban J connectivity index is 1.62. The summed E-state index contributed by atoms with van der Waals surface area (Å²) in [4.78, 5) is 25.7. The number of halogens is 2. The number of alkyl halides is 2. The van der Waals surface area contributed by atoms with Crippen molar-refractivity contribution in [1.82, 2.24) is 4.90 Å². The molecule has 2 aliphatic rings. The molecule has 0 bridgehead atoms. The monoisotopic (exact) mass is 356 g/mol. The van der Waals surface area contributed by atoms with Crippen LogP contribution in [-0.2, 0) is 9.53 Å². The van der Waals surface area contributed by atoms with Gasteiger partial charge in [0, 0.05) is 24.8 Å². The standard InChI is InChI=1S/C16H18F2N2O5/c1-2-23-14(21)10-4-3-7-20(9-10)15(22)19-11-5-6-12-13(8-11)25-16(17,18)24-12/h5-6,8,10H,2-4,7,9H2,1H3,(H,19,22)/t10-/m1/s1. The first kappa shape index (κ1) is 17.2. The highest BCUT2D eigenvalue weighted by Crippen LogP contribution is 2.42. The number of urea groups is 1. The van der Waals surface area contributed by atoms with Gasteiger partial charge in [-0.15, -0.1) is 8.78 Å². The molecular formula is C16H18F2N2O5. The molecule has 2 heterocycles. The molecule has 0 spiro atoms. The number of carbonyl (C=O) groups excluding carboxylic acids is 2. The molecule has 2 aliphatic heterocycles. The number of amides is 2. The van der Waals surface area contributed by atoms with Crippen molar-refractivity contribution in [2.45, 2.75) is 26.1 Å². The van der Waals surface area contributed by atoms with Gasteiger partial charge in [0.25, 0.3) is 0 Å². The van der Waals surface area contributed by atoms with E-state index in [1.165, 1.54) is 23.1 Å². The van der Waals surface area contributed by atoms with Crippen LogP contribution in [0, 0.1) is 5.92 Å². The average Bonchev–Trinajstić information content (AvgIpc) is 2.88. The first-order chi connectivity index (χ1) is 11.9. The summed E-state index contributed by atoms with van der Waals surface area (Å²) in [5.41, 5.74) is 0.295. The van der Waals surface area contributed by atoms with E-state index in [-0.39, 0.29) is 29.9 Å². The normalized spacial score (nSPS) is 20.9. The first-order valence-corrected chi connectivity index (χ1v) is 8.00. The molecule has 1 N–H and O–H groups in total. The number of nitrogens with one attached hydrogen (secondary N) is 1. The van der Waals surface area contributed by atoms with Crippen LogP contribution < -0.4 is 14.8 Å². The summed E-state index contributed by atoms with van der Waals surface area (Å²) >= 11 is 0. The van der Waals surface area contributed by atoms with Gasteiger partial charge in [0.1, 0.15) is 0 Å². The van der Waals surface area contributed by atoms with Gasteiger partial charge in [0.05, 0.1) is 12.5 Å². The van der Waals surface area contributed by atoms with Gasteiger partial charge >= 0.3 is 18.3 Å². The van der Waals surface area contributed by atoms with E-state index in [1.54, 1.807) is 6.92 Å². The summed E-state index contributed by atoms with van der Waals surface area (Å²) in [6, 6.07) is 3.58. The van der Waals surface area contributed by atoms with Crippen LogP contribution in [-0.4, -0.2) is 42.9 Å². The lowest BCUT2D eigenvalue weighted by Crippen LogP contribution is -2.44. The third-order valence-corrected chi connectivity index (χ3v) is 3.98. The Bertz CT molecular complexity index is 682. The molecular weight excluding hydrogens is 338 g/mol. The van der Waals surface area contributed by atoms with Crippen molar-refractivity contribution < 1.29 is 32.6 Å². The van der Waals surface area contributed by atoms with Crippen molar-refractivity contribution in [1.29, 1.82) is 0 Å². The molecule has 25 heavy (non-hydrogen) atoms. The van der Waals surface area contributed by atoms with Crippen molar-refractivity contribution in [2.24, 2.45) is 5.92 Å². The minimum absolute atomic E-state index is 0.0941. The zero-order valence-corrected chi connectivity index (χ0v) is 13.6. The number of esters is 1. The van der Waals surface area contributed by atoms with Gasteiger partial charge in [-0.05, 0) is 31.9 Å². The Kier molecular flexibility index (Phi) is 4.65. The number of anilines is 1. The number of likely N-dealkylation sites (tertiary alicyclic amines) is 1. The maximum Gasteiger partial charge on any atom is 0.586 e. The topological polar surface area (TPSA) is 77.1 Å². The summed E-state index contributed by atoms with van der Waals surface area (Å²) in [6.45, 7) is 2.79. The lowest BCUT2D eigenvalue weighted by Gasteiger charge is -2.31. The zero-order chi connectivity index (χ0) is 18.0. The summed E-state index contributed by atoms with van der Waals surface area (Å²) in [5, 5.41) is 2.61. The highest BCUT2D eigenvalue weighted by atomic mass is 19.3. The maximum absolute atomic E-state index is 13.0. The number of carbonyl (C=O) groups is 2. The van der Waals surface area contributed by atoms with E-state index in [0.29, 0.717) is 31.7 Å². The fraction of sp³-hybridized carbons (Fsp3) is 0.500. The van der Waals surface area contributed by atoms with Crippen LogP contribution in [0.2, 0.25) is 0 Å². The fourth-order valence-electron chi connectivity index (χ4n) is 2.84. The Morgan fingerprint density at radius 1 is 1.36 bits per heavy atom. The largest absolute Gasteiger partial charge is 0.586 e. The van der Waals surface area contributed by atoms with Gasteiger partial charge < -0.3 is 24.4 Å². The van der Waals surface area contributed by atoms with E-state index in [0.717, 1.165) is 0 Å². The second kappa shape index (κ2) is 6.73. The van der Waals surface area contributed by atoms with E-state index in [1.807, 2.05) is 0 Å². The van der Waals surface area contributed by atoms with Gasteiger partial charge in [0.2, 0.25) is 0 Å². The predicted molar refractivity (Wildman–Crippen MR) is 82.6 cm³/mol. The molecule has 0 unspecified atom stereocenters. The second-order valence-corrected chi connectivity index (χ2v) is 5.80. The van der Waals surface area contributed by atoms with Gasteiger partial charge in [-0.2, -0.15) is 0 Å². The molecule has 9 heteroatoms. The van der Waals surface area contributed by atoms with Crippen molar-refractivity contribution in [3.8, 4) is 11.5 Å². The number of piperidine rings is 1. The number of rotatable bonds is 3. The van der Waals surface area contributed by atoms with E-state index in [4.69, 9.17) is 4.74 Å². The lowest BCUT2D eigenvalue weighted by molar-refractivity contribution is -0.286. The van der Waals surface area contributed by atoms with Crippen LogP contribution in [0.3, 0.4) is 0 Å². The van der Waals surface area contributed by atoms with Crippen molar-refractivity contribution in [3.05, 3.63) is 18.2 Å². The molecule has 7 nitrogen and oxygen atoms in total. The smallest absolute Gasteiger partial charge is 0.466 e. The first-order valence-electron chi connectivity index (χ1n) is 8.00. The number of fused-ring (bicyclic) bond motifs is 1. The van der Waals surface area contributed by atoms with Crippen LogP contribution in [0.1, 0.15) is 19.8 Å². The summed E-state index contributed by atoms with van der Waals surface area (Å²) in [5.74, 6) is -0.908. The van der Waals surface area contributed by atoms with Gasteiger partial charge in [-0.1, -0.05) is 0 Å². The Morgan fingerprint density at radius 2 is 2.12 bits per heavy atom. The average molecular weight is 356 g/mol. The van der Waals surface area contributed by atoms with E-state index < -0.39 is 12.3 Å². The third-order valence-electron chi connectivity index (χ3n) is 3.98. The Morgan fingerprint density at radius 3 is 2.88 bits per heavy atom. The lowest BCUT2D eigenvalue weighted by atomic mass is 9.98. The quantitative estimate of drug-likeness (QED) is 0.843. The minimum atomic E-state index is -3.70. The number of ether oxygens (including phenoxy) is 3. The molecule has 0 radical (unpaired) electrons. The molecule has 0 aliphatic carbocycles. The Labute approximate surface area is 142 Å². The number of nitrogens with zero attached hydrogens (tertiary/aromatic N) is 1. The molecule has 136 valence electrons. The number of hydrogen-bond acceptors (Lipinski definition) is 5. The molecule has 1 fully saturated rings. The van der Waals surface area contributed by atoms with Crippen LogP contribution >= 0.6 is 0 Å². The summed E-state index contributed by atoms with van der Waals surface area (Å²) in [6.07, 6.45) is -2.35.